The van der Waals surface area contributed by atoms with E-state index in [4.69, 9.17) is 0 Å². The molecule has 1 heterocycles. The molecule has 1 N–H and O–H groups in total. The van der Waals surface area contributed by atoms with E-state index < -0.39 is 5.97 Å². The number of carbonyl (C=O) groups is 1. The van der Waals surface area contributed by atoms with Gasteiger partial charge in [-0.2, -0.15) is 0 Å². The Labute approximate surface area is 140 Å². The number of hydrogen-bond acceptors (Lipinski definition) is 2. The van der Waals surface area contributed by atoms with Crippen LogP contribution >= 0.6 is 0 Å². The molecule has 0 aliphatic rings. The molecule has 0 spiro atoms. The number of aromatic carboxylic acids is 1. The van der Waals surface area contributed by atoms with Gasteiger partial charge in [0.15, 0.2) is 0 Å². The van der Waals surface area contributed by atoms with Crippen molar-refractivity contribution in [3.8, 4) is 5.69 Å². The average Bonchev–Trinajstić information content (AvgIpc) is 2.87. The van der Waals surface area contributed by atoms with Gasteiger partial charge >= 0.3 is 5.97 Å². The number of rotatable bonds is 4. The molecule has 4 heteroatoms. The van der Waals surface area contributed by atoms with Crippen molar-refractivity contribution in [1.29, 1.82) is 0 Å². The smallest absolute Gasteiger partial charge is 0.337 e. The summed E-state index contributed by atoms with van der Waals surface area (Å²) < 4.78 is 1.95. The van der Waals surface area contributed by atoms with Crippen LogP contribution in [0.2, 0.25) is 0 Å². The lowest BCUT2D eigenvalue weighted by molar-refractivity contribution is 0.0697. The Balaban J connectivity index is 2.05. The van der Waals surface area contributed by atoms with Crippen LogP contribution in [-0.2, 0) is 0 Å². The number of benzene rings is 2. The first-order valence-electron chi connectivity index (χ1n) is 7.68. The SMILES string of the molecule is Cc1cc(C=Nc2ccccc2)c(C)n1-c1ccccc1C(=O)O. The Hall–Kier alpha value is -3.14. The zero-order valence-electron chi connectivity index (χ0n) is 13.6. The molecule has 0 aliphatic carbocycles. The fourth-order valence-corrected chi connectivity index (χ4v) is 2.80. The Morgan fingerprint density at radius 2 is 1.71 bits per heavy atom. The number of aromatic nitrogens is 1. The summed E-state index contributed by atoms with van der Waals surface area (Å²) in [6, 6.07) is 18.8. The second-order valence-corrected chi connectivity index (χ2v) is 5.58. The number of hydrogen-bond donors (Lipinski definition) is 1. The van der Waals surface area contributed by atoms with Crippen LogP contribution < -0.4 is 0 Å². The van der Waals surface area contributed by atoms with Crippen molar-refractivity contribution in [2.75, 3.05) is 0 Å². The third-order valence-electron chi connectivity index (χ3n) is 3.95. The molecule has 0 bridgehead atoms. The quantitative estimate of drug-likeness (QED) is 0.718. The van der Waals surface area contributed by atoms with E-state index in [1.807, 2.05) is 73.2 Å². The van der Waals surface area contributed by atoms with Crippen LogP contribution in [-0.4, -0.2) is 21.9 Å². The second kappa shape index (κ2) is 6.54. The average molecular weight is 318 g/mol. The van der Waals surface area contributed by atoms with E-state index in [0.29, 0.717) is 5.69 Å². The molecule has 0 radical (unpaired) electrons. The lowest BCUT2D eigenvalue weighted by Gasteiger charge is -2.12. The summed E-state index contributed by atoms with van der Waals surface area (Å²) in [4.78, 5) is 16.0. The molecule has 24 heavy (non-hydrogen) atoms. The predicted molar refractivity (Wildman–Crippen MR) is 95.9 cm³/mol. The van der Waals surface area contributed by atoms with Crippen molar-refractivity contribution in [3.63, 3.8) is 0 Å². The van der Waals surface area contributed by atoms with Crippen LogP contribution in [0.1, 0.15) is 27.3 Å². The topological polar surface area (TPSA) is 54.6 Å². The standard InChI is InChI=1S/C20H18N2O2/c1-14-12-16(13-21-17-8-4-3-5-9-17)15(2)22(14)19-11-7-6-10-18(19)20(23)24/h3-13H,1-2H3,(H,23,24). The van der Waals surface area contributed by atoms with Crippen LogP contribution in [0.3, 0.4) is 0 Å². The Morgan fingerprint density at radius 1 is 1.04 bits per heavy atom. The molecule has 0 saturated carbocycles. The normalized spacial score (nSPS) is 11.1. The van der Waals surface area contributed by atoms with E-state index >= 15 is 0 Å². The first-order chi connectivity index (χ1) is 11.6. The third-order valence-corrected chi connectivity index (χ3v) is 3.95. The highest BCUT2D eigenvalue weighted by molar-refractivity contribution is 5.92. The predicted octanol–water partition coefficient (Wildman–Crippen LogP) is 4.54. The van der Waals surface area contributed by atoms with E-state index in [-0.39, 0.29) is 5.56 Å². The van der Waals surface area contributed by atoms with Crippen molar-refractivity contribution in [3.05, 3.63) is 83.2 Å². The van der Waals surface area contributed by atoms with Gasteiger partial charge in [-0.1, -0.05) is 30.3 Å². The second-order valence-electron chi connectivity index (χ2n) is 5.58. The molecule has 2 aromatic carbocycles. The molecule has 0 aliphatic heterocycles. The van der Waals surface area contributed by atoms with Crippen molar-refractivity contribution >= 4 is 17.9 Å². The lowest BCUT2D eigenvalue weighted by Crippen LogP contribution is -2.07. The summed E-state index contributed by atoms with van der Waals surface area (Å²) in [6.45, 7) is 3.93. The molecule has 0 fully saturated rings. The van der Waals surface area contributed by atoms with Gasteiger partial charge in [-0.25, -0.2) is 4.79 Å². The molecule has 0 saturated heterocycles. The molecule has 0 atom stereocenters. The van der Waals surface area contributed by atoms with Gasteiger partial charge < -0.3 is 9.67 Å². The minimum Gasteiger partial charge on any atom is -0.478 e. The van der Waals surface area contributed by atoms with E-state index in [1.54, 1.807) is 12.1 Å². The summed E-state index contributed by atoms with van der Waals surface area (Å²) in [5.74, 6) is -0.933. The van der Waals surface area contributed by atoms with E-state index in [2.05, 4.69) is 4.99 Å². The first kappa shape index (κ1) is 15.7. The van der Waals surface area contributed by atoms with Crippen LogP contribution in [0.4, 0.5) is 5.69 Å². The highest BCUT2D eigenvalue weighted by Gasteiger charge is 2.15. The monoisotopic (exact) mass is 318 g/mol. The maximum Gasteiger partial charge on any atom is 0.337 e. The van der Waals surface area contributed by atoms with E-state index in [9.17, 15) is 9.90 Å². The van der Waals surface area contributed by atoms with E-state index in [1.165, 1.54) is 0 Å². The molecule has 0 amide bonds. The third kappa shape index (κ3) is 2.99. The molecular formula is C20H18N2O2. The fourth-order valence-electron chi connectivity index (χ4n) is 2.80. The van der Waals surface area contributed by atoms with Gasteiger partial charge in [-0.15, -0.1) is 0 Å². The van der Waals surface area contributed by atoms with Crippen molar-refractivity contribution in [2.45, 2.75) is 13.8 Å². The van der Waals surface area contributed by atoms with Crippen molar-refractivity contribution in [1.82, 2.24) is 4.57 Å². The lowest BCUT2D eigenvalue weighted by atomic mass is 10.1. The molecule has 1 aromatic heterocycles. The van der Waals surface area contributed by atoms with Gasteiger partial charge in [0, 0.05) is 23.2 Å². The highest BCUT2D eigenvalue weighted by atomic mass is 16.4. The number of aliphatic imine (C=N–C) groups is 1. The van der Waals surface area contributed by atoms with Crippen LogP contribution in [0, 0.1) is 13.8 Å². The van der Waals surface area contributed by atoms with Gasteiger partial charge in [0.05, 0.1) is 16.9 Å². The Bertz CT molecular complexity index is 909. The Morgan fingerprint density at radius 3 is 2.42 bits per heavy atom. The van der Waals surface area contributed by atoms with Gasteiger partial charge in [-0.05, 0) is 44.2 Å². The van der Waals surface area contributed by atoms with Crippen LogP contribution in [0.15, 0.2) is 65.7 Å². The number of nitrogens with zero attached hydrogens (tertiary/aromatic N) is 2. The van der Waals surface area contributed by atoms with Crippen molar-refractivity contribution < 1.29 is 9.90 Å². The zero-order chi connectivity index (χ0) is 17.1. The molecule has 3 rings (SSSR count). The minimum absolute atomic E-state index is 0.283. The number of aryl methyl sites for hydroxylation is 1. The molecular weight excluding hydrogens is 300 g/mol. The summed E-state index contributed by atoms with van der Waals surface area (Å²) in [7, 11) is 0. The minimum atomic E-state index is -0.933. The molecule has 120 valence electrons. The summed E-state index contributed by atoms with van der Waals surface area (Å²) in [5, 5.41) is 9.43. The summed E-state index contributed by atoms with van der Waals surface area (Å²) in [6.07, 6.45) is 1.82. The maximum atomic E-state index is 11.5. The molecule has 3 aromatic rings. The van der Waals surface area contributed by atoms with E-state index in [0.717, 1.165) is 22.6 Å². The fraction of sp³-hybridized carbons (Fsp3) is 0.100. The summed E-state index contributed by atoms with van der Waals surface area (Å²) >= 11 is 0. The maximum absolute atomic E-state index is 11.5. The summed E-state index contributed by atoms with van der Waals surface area (Å²) in [5.41, 5.74) is 4.73. The number of para-hydroxylation sites is 2. The molecule has 4 nitrogen and oxygen atoms in total. The van der Waals surface area contributed by atoms with Gasteiger partial charge in [0.1, 0.15) is 0 Å². The van der Waals surface area contributed by atoms with Gasteiger partial charge in [-0.3, -0.25) is 4.99 Å². The first-order valence-corrected chi connectivity index (χ1v) is 7.68. The number of carboxylic acid groups (broad SMARTS) is 1. The number of carboxylic acids is 1. The van der Waals surface area contributed by atoms with Crippen molar-refractivity contribution in [2.24, 2.45) is 4.99 Å². The zero-order valence-corrected chi connectivity index (χ0v) is 13.6. The highest BCUT2D eigenvalue weighted by Crippen LogP contribution is 2.23. The van der Waals surface area contributed by atoms with Crippen LogP contribution in [0.5, 0.6) is 0 Å². The largest absolute Gasteiger partial charge is 0.478 e. The van der Waals surface area contributed by atoms with Gasteiger partial charge in [0.2, 0.25) is 0 Å². The molecule has 0 unspecified atom stereocenters. The Kier molecular flexibility index (Phi) is 4.29. The van der Waals surface area contributed by atoms with Gasteiger partial charge in [0.25, 0.3) is 0 Å². The van der Waals surface area contributed by atoms with Crippen LogP contribution in [0.25, 0.3) is 5.69 Å².